The Balaban J connectivity index is 3.21. The first-order valence-corrected chi connectivity index (χ1v) is 8.87. The zero-order valence-electron chi connectivity index (χ0n) is 12.4. The van der Waals surface area contributed by atoms with Crippen LogP contribution in [0.3, 0.4) is 0 Å². The van der Waals surface area contributed by atoms with Crippen molar-refractivity contribution in [2.75, 3.05) is 11.8 Å². The Labute approximate surface area is 125 Å². The van der Waals surface area contributed by atoms with Gasteiger partial charge in [0.2, 0.25) is 0 Å². The van der Waals surface area contributed by atoms with Crippen molar-refractivity contribution < 1.29 is 0 Å². The third kappa shape index (κ3) is 10.5. The largest absolute Gasteiger partial charge is 0.126 e. The summed E-state index contributed by atoms with van der Waals surface area (Å²) in [4.78, 5) is 0. The minimum atomic E-state index is 0.156. The highest BCUT2D eigenvalue weighted by Gasteiger charge is 2.20. The summed E-state index contributed by atoms with van der Waals surface area (Å²) in [5, 5.41) is 0. The number of halogens is 2. The molecule has 0 aromatic rings. The van der Waals surface area contributed by atoms with Crippen molar-refractivity contribution in [1.82, 2.24) is 0 Å². The van der Waals surface area contributed by atoms with E-state index in [1.54, 1.807) is 0 Å². The SMILES string of the molecule is CCCCCCCCCCCCC(C)(CCl)CCl. The van der Waals surface area contributed by atoms with E-state index in [9.17, 15) is 0 Å². The first kappa shape index (κ1) is 18.6. The lowest BCUT2D eigenvalue weighted by molar-refractivity contribution is 0.367. The van der Waals surface area contributed by atoms with Crippen LogP contribution in [0.1, 0.15) is 84.5 Å². The Kier molecular flexibility index (Phi) is 13.0. The van der Waals surface area contributed by atoms with Gasteiger partial charge in [-0.2, -0.15) is 0 Å². The molecule has 0 aromatic heterocycles. The Morgan fingerprint density at radius 1 is 0.667 bits per heavy atom. The lowest BCUT2D eigenvalue weighted by Gasteiger charge is -2.23. The predicted molar refractivity (Wildman–Crippen MR) is 86.0 cm³/mol. The number of alkyl halides is 2. The maximum absolute atomic E-state index is 5.95. The van der Waals surface area contributed by atoms with E-state index in [-0.39, 0.29) is 5.41 Å². The van der Waals surface area contributed by atoms with Crippen LogP contribution in [-0.4, -0.2) is 11.8 Å². The molecular formula is C16H32Cl2. The minimum Gasteiger partial charge on any atom is -0.126 e. The first-order chi connectivity index (χ1) is 8.68. The van der Waals surface area contributed by atoms with Gasteiger partial charge in [-0.15, -0.1) is 23.2 Å². The monoisotopic (exact) mass is 294 g/mol. The second-order valence-corrected chi connectivity index (χ2v) is 6.54. The molecule has 0 fully saturated rings. The summed E-state index contributed by atoms with van der Waals surface area (Å²) >= 11 is 11.9. The maximum atomic E-state index is 5.95. The van der Waals surface area contributed by atoms with Crippen LogP contribution in [0.15, 0.2) is 0 Å². The van der Waals surface area contributed by atoms with E-state index in [0.29, 0.717) is 11.8 Å². The average molecular weight is 295 g/mol. The number of rotatable bonds is 13. The molecule has 0 aliphatic heterocycles. The van der Waals surface area contributed by atoms with Gasteiger partial charge in [-0.05, 0) is 11.8 Å². The van der Waals surface area contributed by atoms with Gasteiger partial charge in [-0.25, -0.2) is 0 Å². The van der Waals surface area contributed by atoms with E-state index >= 15 is 0 Å². The van der Waals surface area contributed by atoms with Crippen molar-refractivity contribution in [2.24, 2.45) is 5.41 Å². The molecule has 0 unspecified atom stereocenters. The van der Waals surface area contributed by atoms with Gasteiger partial charge in [-0.3, -0.25) is 0 Å². The molecule has 0 aromatic carbocycles. The molecule has 0 atom stereocenters. The summed E-state index contributed by atoms with van der Waals surface area (Å²) < 4.78 is 0. The Bertz CT molecular complexity index is 164. The summed E-state index contributed by atoms with van der Waals surface area (Å²) in [6.07, 6.45) is 15.1. The summed E-state index contributed by atoms with van der Waals surface area (Å²) in [6, 6.07) is 0. The van der Waals surface area contributed by atoms with Crippen molar-refractivity contribution in [2.45, 2.75) is 84.5 Å². The van der Waals surface area contributed by atoms with Gasteiger partial charge in [0.15, 0.2) is 0 Å². The molecule has 0 amide bonds. The zero-order chi connectivity index (χ0) is 13.7. The van der Waals surface area contributed by atoms with Gasteiger partial charge in [-0.1, -0.05) is 78.1 Å². The van der Waals surface area contributed by atoms with E-state index in [1.165, 1.54) is 70.6 Å². The lowest BCUT2D eigenvalue weighted by Crippen LogP contribution is -2.20. The molecule has 0 nitrogen and oxygen atoms in total. The van der Waals surface area contributed by atoms with E-state index in [2.05, 4.69) is 13.8 Å². The van der Waals surface area contributed by atoms with Crippen LogP contribution >= 0.6 is 23.2 Å². The number of hydrogen-bond acceptors (Lipinski definition) is 0. The minimum absolute atomic E-state index is 0.156. The van der Waals surface area contributed by atoms with Crippen molar-refractivity contribution in [3.63, 3.8) is 0 Å². The van der Waals surface area contributed by atoms with Crippen molar-refractivity contribution in [1.29, 1.82) is 0 Å². The normalized spacial score (nSPS) is 12.0. The third-order valence-corrected chi connectivity index (χ3v) is 5.07. The molecule has 0 saturated carbocycles. The van der Waals surface area contributed by atoms with Crippen LogP contribution in [0.2, 0.25) is 0 Å². The van der Waals surface area contributed by atoms with Crippen LogP contribution in [0.25, 0.3) is 0 Å². The van der Waals surface area contributed by atoms with Gasteiger partial charge in [0.25, 0.3) is 0 Å². The first-order valence-electron chi connectivity index (χ1n) is 7.80. The summed E-state index contributed by atoms with van der Waals surface area (Å²) in [6.45, 7) is 4.47. The smallest absolute Gasteiger partial charge is 0.0288 e. The van der Waals surface area contributed by atoms with E-state index in [4.69, 9.17) is 23.2 Å². The second kappa shape index (κ2) is 12.6. The van der Waals surface area contributed by atoms with Gasteiger partial charge in [0.05, 0.1) is 0 Å². The molecule has 0 spiro atoms. The van der Waals surface area contributed by atoms with Crippen LogP contribution in [0.5, 0.6) is 0 Å². The van der Waals surface area contributed by atoms with E-state index in [0.717, 1.165) is 0 Å². The molecule has 0 aliphatic carbocycles. The molecule has 2 heteroatoms. The van der Waals surface area contributed by atoms with Gasteiger partial charge in [0.1, 0.15) is 0 Å². The molecule has 18 heavy (non-hydrogen) atoms. The molecule has 0 heterocycles. The fourth-order valence-corrected chi connectivity index (χ4v) is 2.76. The molecule has 0 saturated heterocycles. The average Bonchev–Trinajstić information content (AvgIpc) is 2.40. The predicted octanol–water partition coefficient (Wildman–Crippen LogP) is 6.78. The highest BCUT2D eigenvalue weighted by molar-refractivity contribution is 6.21. The molecular weight excluding hydrogens is 263 g/mol. The van der Waals surface area contributed by atoms with Gasteiger partial charge in [0, 0.05) is 11.8 Å². The summed E-state index contributed by atoms with van der Waals surface area (Å²) in [5.41, 5.74) is 0.156. The van der Waals surface area contributed by atoms with Crippen LogP contribution in [0, 0.1) is 5.41 Å². The third-order valence-electron chi connectivity index (χ3n) is 3.78. The fraction of sp³-hybridized carbons (Fsp3) is 1.00. The summed E-state index contributed by atoms with van der Waals surface area (Å²) in [5.74, 6) is 1.38. The second-order valence-electron chi connectivity index (χ2n) is 6.01. The number of unbranched alkanes of at least 4 members (excludes halogenated alkanes) is 9. The van der Waals surface area contributed by atoms with Crippen molar-refractivity contribution in [3.8, 4) is 0 Å². The molecule has 110 valence electrons. The molecule has 0 bridgehead atoms. The maximum Gasteiger partial charge on any atom is 0.0288 e. The highest BCUT2D eigenvalue weighted by atomic mass is 35.5. The fourth-order valence-electron chi connectivity index (χ4n) is 2.21. The Hall–Kier alpha value is 0.580. The van der Waals surface area contributed by atoms with E-state index < -0.39 is 0 Å². The molecule has 0 N–H and O–H groups in total. The zero-order valence-corrected chi connectivity index (χ0v) is 14.0. The van der Waals surface area contributed by atoms with Crippen LogP contribution < -0.4 is 0 Å². The summed E-state index contributed by atoms with van der Waals surface area (Å²) in [7, 11) is 0. The standard InChI is InChI=1S/C16H32Cl2/c1-3-4-5-6-7-8-9-10-11-12-13-16(2,14-17)15-18/h3-15H2,1-2H3. The van der Waals surface area contributed by atoms with Gasteiger partial charge < -0.3 is 0 Å². The molecule has 0 radical (unpaired) electrons. The van der Waals surface area contributed by atoms with Gasteiger partial charge >= 0.3 is 0 Å². The van der Waals surface area contributed by atoms with Crippen LogP contribution in [0.4, 0.5) is 0 Å². The van der Waals surface area contributed by atoms with Crippen LogP contribution in [-0.2, 0) is 0 Å². The van der Waals surface area contributed by atoms with E-state index in [1.807, 2.05) is 0 Å². The quantitative estimate of drug-likeness (QED) is 0.259. The van der Waals surface area contributed by atoms with Crippen molar-refractivity contribution in [3.05, 3.63) is 0 Å². The molecule has 0 rings (SSSR count). The number of hydrogen-bond donors (Lipinski definition) is 0. The van der Waals surface area contributed by atoms with Crippen molar-refractivity contribution >= 4 is 23.2 Å². The Morgan fingerprint density at radius 3 is 1.44 bits per heavy atom. The topological polar surface area (TPSA) is 0 Å². The lowest BCUT2D eigenvalue weighted by atomic mass is 9.88. The Morgan fingerprint density at radius 2 is 1.06 bits per heavy atom. The highest BCUT2D eigenvalue weighted by Crippen LogP contribution is 2.27. The molecule has 0 aliphatic rings.